The van der Waals surface area contributed by atoms with Crippen molar-refractivity contribution in [2.24, 2.45) is 0 Å². The molecule has 4 heterocycles. The summed E-state index contributed by atoms with van der Waals surface area (Å²) in [7, 11) is 2.20. The molecule has 6 rings (SSSR count). The minimum Gasteiger partial charge on any atom is -0.462 e. The molecule has 0 saturated carbocycles. The Balaban J connectivity index is 1.28. The number of fused-ring (bicyclic) bond motifs is 2. The van der Waals surface area contributed by atoms with E-state index < -0.39 is 0 Å². The van der Waals surface area contributed by atoms with Crippen molar-refractivity contribution in [2.45, 2.75) is 57.0 Å². The SMILES string of the molecule is CN1CCC[C@H]1COc1nc2c(c(N3CCNCC3)n1)CCC(N1CCCc3ccccc31)C2. The van der Waals surface area contributed by atoms with E-state index in [-0.39, 0.29) is 0 Å². The molecule has 0 spiro atoms. The second kappa shape index (κ2) is 9.70. The number of hydrogen-bond acceptors (Lipinski definition) is 7. The predicted octanol–water partition coefficient (Wildman–Crippen LogP) is 2.67. The van der Waals surface area contributed by atoms with Gasteiger partial charge in [-0.05, 0) is 63.7 Å². The van der Waals surface area contributed by atoms with Crippen molar-refractivity contribution in [3.8, 4) is 6.01 Å². The molecule has 4 aliphatic rings. The number of aryl methyl sites for hydroxylation is 1. The second-order valence-corrected chi connectivity index (χ2v) is 10.4. The van der Waals surface area contributed by atoms with E-state index in [9.17, 15) is 0 Å². The van der Waals surface area contributed by atoms with Crippen LogP contribution in [-0.4, -0.2) is 79.9 Å². The lowest BCUT2D eigenvalue weighted by atomic mass is 9.88. The van der Waals surface area contributed by atoms with Gasteiger partial charge in [0.25, 0.3) is 0 Å². The van der Waals surface area contributed by atoms with Crippen molar-refractivity contribution in [3.05, 3.63) is 41.1 Å². The van der Waals surface area contributed by atoms with Crippen LogP contribution in [0.1, 0.15) is 42.5 Å². The maximum Gasteiger partial charge on any atom is 0.318 e. The fourth-order valence-corrected chi connectivity index (χ4v) is 6.33. The summed E-state index contributed by atoms with van der Waals surface area (Å²) in [5, 5.41) is 3.48. The molecule has 7 heteroatoms. The average Bonchev–Trinajstić information content (AvgIpc) is 3.31. The number of ether oxygens (including phenoxy) is 1. The first-order chi connectivity index (χ1) is 16.8. The van der Waals surface area contributed by atoms with Gasteiger partial charge in [0.2, 0.25) is 0 Å². The Labute approximate surface area is 203 Å². The predicted molar refractivity (Wildman–Crippen MR) is 136 cm³/mol. The molecule has 0 bridgehead atoms. The number of likely N-dealkylation sites (N-methyl/N-ethyl adjacent to an activating group) is 1. The number of anilines is 2. The molecule has 2 atom stereocenters. The van der Waals surface area contributed by atoms with Crippen molar-refractivity contribution < 1.29 is 4.74 Å². The number of hydrogen-bond donors (Lipinski definition) is 1. The molecule has 0 amide bonds. The minimum absolute atomic E-state index is 0.472. The van der Waals surface area contributed by atoms with Crippen LogP contribution in [0.2, 0.25) is 0 Å². The first-order valence-electron chi connectivity index (χ1n) is 13.3. The van der Waals surface area contributed by atoms with E-state index in [1.807, 2.05) is 0 Å². The summed E-state index contributed by atoms with van der Waals surface area (Å²) in [6, 6.07) is 10.5. The number of para-hydroxylation sites is 1. The fraction of sp³-hybridized carbons (Fsp3) is 0.630. The Morgan fingerprint density at radius 2 is 1.88 bits per heavy atom. The Hall–Kier alpha value is -2.38. The third-order valence-electron chi connectivity index (χ3n) is 8.29. The zero-order valence-electron chi connectivity index (χ0n) is 20.5. The summed E-state index contributed by atoms with van der Waals surface area (Å²) < 4.78 is 6.28. The largest absolute Gasteiger partial charge is 0.462 e. The maximum atomic E-state index is 6.28. The van der Waals surface area contributed by atoms with Crippen LogP contribution in [0.4, 0.5) is 11.5 Å². The topological polar surface area (TPSA) is 56.8 Å². The number of piperazine rings is 1. The van der Waals surface area contributed by atoms with E-state index in [1.54, 1.807) is 0 Å². The highest BCUT2D eigenvalue weighted by atomic mass is 16.5. The maximum absolute atomic E-state index is 6.28. The highest BCUT2D eigenvalue weighted by Gasteiger charge is 2.32. The Bertz CT molecular complexity index is 1010. The van der Waals surface area contributed by atoms with E-state index >= 15 is 0 Å². The summed E-state index contributed by atoms with van der Waals surface area (Å²) >= 11 is 0. The van der Waals surface area contributed by atoms with E-state index in [4.69, 9.17) is 14.7 Å². The molecular formula is C27H38N6O. The molecule has 1 aromatic carbocycles. The molecule has 2 fully saturated rings. The normalized spacial score (nSPS) is 25.2. The van der Waals surface area contributed by atoms with Gasteiger partial charge in [0.05, 0.1) is 5.69 Å². The second-order valence-electron chi connectivity index (χ2n) is 10.4. The average molecular weight is 463 g/mol. The molecular weight excluding hydrogens is 424 g/mol. The Morgan fingerprint density at radius 3 is 2.74 bits per heavy atom. The van der Waals surface area contributed by atoms with Gasteiger partial charge in [-0.3, -0.25) is 0 Å². The first kappa shape index (κ1) is 22.1. The molecule has 0 radical (unpaired) electrons. The summed E-state index contributed by atoms with van der Waals surface area (Å²) in [4.78, 5) is 17.5. The number of rotatable bonds is 5. The molecule has 182 valence electrons. The Morgan fingerprint density at radius 1 is 1.00 bits per heavy atom. The molecule has 7 nitrogen and oxygen atoms in total. The van der Waals surface area contributed by atoms with Gasteiger partial charge in [0.15, 0.2) is 0 Å². The number of likely N-dealkylation sites (tertiary alicyclic amines) is 1. The number of nitrogens with zero attached hydrogens (tertiary/aromatic N) is 5. The van der Waals surface area contributed by atoms with Gasteiger partial charge in [-0.2, -0.15) is 9.97 Å². The number of benzene rings is 1. The quantitative estimate of drug-likeness (QED) is 0.733. The highest BCUT2D eigenvalue weighted by Crippen LogP contribution is 2.36. The molecule has 1 aliphatic carbocycles. The number of aromatic nitrogens is 2. The van der Waals surface area contributed by atoms with Gasteiger partial charge in [-0.25, -0.2) is 0 Å². The van der Waals surface area contributed by atoms with Gasteiger partial charge < -0.3 is 24.8 Å². The zero-order chi connectivity index (χ0) is 22.9. The highest BCUT2D eigenvalue weighted by molar-refractivity contribution is 5.58. The molecule has 1 N–H and O–H groups in total. The van der Waals surface area contributed by atoms with E-state index in [0.29, 0.717) is 24.7 Å². The summed E-state index contributed by atoms with van der Waals surface area (Å²) in [5.41, 5.74) is 5.49. The van der Waals surface area contributed by atoms with Crippen molar-refractivity contribution in [2.75, 3.05) is 62.7 Å². The van der Waals surface area contributed by atoms with Crippen molar-refractivity contribution in [1.82, 2.24) is 20.2 Å². The van der Waals surface area contributed by atoms with Crippen LogP contribution < -0.4 is 19.9 Å². The lowest BCUT2D eigenvalue weighted by Gasteiger charge is -2.41. The lowest BCUT2D eigenvalue weighted by molar-refractivity contribution is 0.187. The van der Waals surface area contributed by atoms with Crippen molar-refractivity contribution in [1.29, 1.82) is 0 Å². The smallest absolute Gasteiger partial charge is 0.318 e. The van der Waals surface area contributed by atoms with Crippen LogP contribution in [0.25, 0.3) is 0 Å². The van der Waals surface area contributed by atoms with Crippen molar-refractivity contribution in [3.63, 3.8) is 0 Å². The monoisotopic (exact) mass is 462 g/mol. The third kappa shape index (κ3) is 4.36. The molecule has 1 aromatic heterocycles. The third-order valence-corrected chi connectivity index (χ3v) is 8.29. The van der Waals surface area contributed by atoms with Gasteiger partial charge in [0, 0.05) is 62.5 Å². The van der Waals surface area contributed by atoms with Gasteiger partial charge in [-0.15, -0.1) is 0 Å². The lowest BCUT2D eigenvalue weighted by Crippen LogP contribution is -2.46. The Kier molecular flexibility index (Phi) is 6.31. The van der Waals surface area contributed by atoms with Crippen LogP contribution in [0.5, 0.6) is 6.01 Å². The first-order valence-corrected chi connectivity index (χ1v) is 13.3. The summed E-state index contributed by atoms with van der Waals surface area (Å²) in [6.45, 7) is 6.99. The molecule has 1 unspecified atom stereocenters. The van der Waals surface area contributed by atoms with E-state index in [1.165, 1.54) is 48.2 Å². The fourth-order valence-electron chi connectivity index (χ4n) is 6.33. The molecule has 3 aliphatic heterocycles. The molecule has 34 heavy (non-hydrogen) atoms. The standard InChI is InChI=1S/C27H38N6O/c1-31-14-5-8-22(31)19-34-27-29-24-18-21(33-15-4-7-20-6-2-3-9-25(20)33)10-11-23(24)26(30-27)32-16-12-28-13-17-32/h2-3,6,9,21-22,28H,4-5,7-8,10-19H2,1H3/t21?,22-/m0/s1. The van der Waals surface area contributed by atoms with Crippen LogP contribution in [0, 0.1) is 0 Å². The van der Waals surface area contributed by atoms with Crippen LogP contribution >= 0.6 is 0 Å². The molecule has 2 aromatic rings. The minimum atomic E-state index is 0.472. The van der Waals surface area contributed by atoms with Crippen molar-refractivity contribution >= 4 is 11.5 Å². The zero-order valence-corrected chi connectivity index (χ0v) is 20.5. The van der Waals surface area contributed by atoms with Gasteiger partial charge >= 0.3 is 6.01 Å². The molecule has 2 saturated heterocycles. The summed E-state index contributed by atoms with van der Waals surface area (Å²) in [5.74, 6) is 1.12. The van der Waals surface area contributed by atoms with Gasteiger partial charge in [-0.1, -0.05) is 18.2 Å². The number of nitrogens with one attached hydrogen (secondary N) is 1. The summed E-state index contributed by atoms with van der Waals surface area (Å²) in [6.07, 6.45) is 8.06. The van der Waals surface area contributed by atoms with Gasteiger partial charge in [0.1, 0.15) is 12.4 Å². The van der Waals surface area contributed by atoms with Crippen LogP contribution in [-0.2, 0) is 19.3 Å². The van der Waals surface area contributed by atoms with Crippen LogP contribution in [0.3, 0.4) is 0 Å². The van der Waals surface area contributed by atoms with Crippen LogP contribution in [0.15, 0.2) is 24.3 Å². The van der Waals surface area contributed by atoms with E-state index in [0.717, 1.165) is 64.3 Å². The van der Waals surface area contributed by atoms with E-state index in [2.05, 4.69) is 51.3 Å².